The summed E-state index contributed by atoms with van der Waals surface area (Å²) >= 11 is 1.63. The largest absolute Gasteiger partial charge is 0.490 e. The van der Waals surface area contributed by atoms with E-state index in [1.807, 2.05) is 4.90 Å². The maximum absolute atomic E-state index is 12.0. The Hall–Kier alpha value is -1.21. The molecule has 0 aromatic rings. The molecule has 1 aliphatic rings. The van der Waals surface area contributed by atoms with Crippen LogP contribution in [-0.4, -0.2) is 57.4 Å². The van der Waals surface area contributed by atoms with Crippen molar-refractivity contribution < 1.29 is 24.5 Å². The third kappa shape index (κ3) is 8.59. The minimum absolute atomic E-state index is 0.129. The zero-order chi connectivity index (χ0) is 17.8. The topological polar surface area (TPSA) is 87.1 Å². The molecule has 1 heterocycles. The van der Waals surface area contributed by atoms with Gasteiger partial charge in [0.1, 0.15) is 0 Å². The molecular weight excluding hydrogens is 330 g/mol. The molecule has 0 aromatic carbocycles. The highest BCUT2D eigenvalue weighted by molar-refractivity contribution is 8.00. The van der Waals surface area contributed by atoms with E-state index in [-0.39, 0.29) is 24.0 Å². The van der Waals surface area contributed by atoms with Crippen LogP contribution in [0.25, 0.3) is 0 Å². The van der Waals surface area contributed by atoms with Crippen LogP contribution in [0, 0.1) is 0 Å². The lowest BCUT2D eigenvalue weighted by Crippen LogP contribution is -2.35. The number of aliphatic hydroxyl groups excluding tert-OH is 1. The summed E-state index contributed by atoms with van der Waals surface area (Å²) in [4.78, 5) is 24.1. The van der Waals surface area contributed by atoms with Crippen LogP contribution in [0.5, 0.6) is 0 Å². The number of ether oxygens (including phenoxy) is 1. The van der Waals surface area contributed by atoms with Gasteiger partial charge in [-0.25, -0.2) is 4.79 Å². The quantitative estimate of drug-likeness (QED) is 0.388. The van der Waals surface area contributed by atoms with Crippen LogP contribution in [-0.2, 0) is 14.3 Å². The van der Waals surface area contributed by atoms with Gasteiger partial charge in [-0.15, -0.1) is 11.8 Å². The number of hydrogen-bond donors (Lipinski definition) is 2. The third-order valence-electron chi connectivity index (χ3n) is 3.89. The van der Waals surface area contributed by atoms with Crippen molar-refractivity contribution in [2.24, 2.45) is 0 Å². The number of carbonyl (C=O) groups is 2. The molecular formula is C17H29NO5S. The molecule has 0 radical (unpaired) electrons. The molecule has 0 saturated carbocycles. The van der Waals surface area contributed by atoms with Crippen LogP contribution in [0.3, 0.4) is 0 Å². The van der Waals surface area contributed by atoms with E-state index in [2.05, 4.69) is 6.92 Å². The van der Waals surface area contributed by atoms with Crippen molar-refractivity contribution in [2.75, 3.05) is 18.9 Å². The number of rotatable bonds is 13. The van der Waals surface area contributed by atoms with E-state index in [4.69, 9.17) is 9.84 Å². The number of thioether (sulfide) groups is 1. The van der Waals surface area contributed by atoms with Gasteiger partial charge in [0.05, 0.1) is 23.5 Å². The van der Waals surface area contributed by atoms with E-state index >= 15 is 0 Å². The summed E-state index contributed by atoms with van der Waals surface area (Å²) < 4.78 is 4.83. The first-order chi connectivity index (χ1) is 11.5. The molecule has 1 amide bonds. The van der Waals surface area contributed by atoms with Crippen molar-refractivity contribution in [1.82, 2.24) is 4.90 Å². The van der Waals surface area contributed by atoms with Gasteiger partial charge in [-0.2, -0.15) is 0 Å². The molecule has 24 heavy (non-hydrogen) atoms. The van der Waals surface area contributed by atoms with E-state index in [0.717, 1.165) is 38.5 Å². The Morgan fingerprint density at radius 3 is 2.96 bits per heavy atom. The SMILES string of the molecule is CCCCCC(O)CCN1C(=O)CSC1CC/C=C\OCC(=O)O. The summed E-state index contributed by atoms with van der Waals surface area (Å²) in [6.07, 6.45) is 9.11. The molecule has 0 aromatic heterocycles. The molecule has 1 aliphatic heterocycles. The molecule has 2 N–H and O–H groups in total. The molecule has 2 atom stereocenters. The van der Waals surface area contributed by atoms with Crippen LogP contribution in [0.2, 0.25) is 0 Å². The zero-order valence-corrected chi connectivity index (χ0v) is 15.2. The molecule has 1 rings (SSSR count). The van der Waals surface area contributed by atoms with Gasteiger partial charge in [-0.05, 0) is 31.8 Å². The Kier molecular flexibility index (Phi) is 10.6. The molecule has 0 spiro atoms. The average Bonchev–Trinajstić information content (AvgIpc) is 2.89. The number of aliphatic carboxylic acids is 1. The van der Waals surface area contributed by atoms with Gasteiger partial charge in [0.2, 0.25) is 5.91 Å². The first kappa shape index (κ1) is 20.8. The lowest BCUT2D eigenvalue weighted by molar-refractivity contribution is -0.140. The summed E-state index contributed by atoms with van der Waals surface area (Å²) in [6, 6.07) is 0. The van der Waals surface area contributed by atoms with Crippen LogP contribution >= 0.6 is 11.8 Å². The number of unbranched alkanes of at least 4 members (excludes halogenated alkanes) is 2. The minimum Gasteiger partial charge on any atom is -0.490 e. The van der Waals surface area contributed by atoms with E-state index in [0.29, 0.717) is 18.7 Å². The predicted molar refractivity (Wildman–Crippen MR) is 94.7 cm³/mol. The molecule has 0 aliphatic carbocycles. The molecule has 7 heteroatoms. The van der Waals surface area contributed by atoms with Gasteiger partial charge in [0.25, 0.3) is 0 Å². The Morgan fingerprint density at radius 1 is 1.46 bits per heavy atom. The van der Waals surface area contributed by atoms with E-state index < -0.39 is 5.97 Å². The monoisotopic (exact) mass is 359 g/mol. The second kappa shape index (κ2) is 12.2. The number of nitrogens with zero attached hydrogens (tertiary/aromatic N) is 1. The van der Waals surface area contributed by atoms with Crippen LogP contribution < -0.4 is 0 Å². The summed E-state index contributed by atoms with van der Waals surface area (Å²) in [5.74, 6) is -0.368. The summed E-state index contributed by atoms with van der Waals surface area (Å²) in [7, 11) is 0. The smallest absolute Gasteiger partial charge is 0.341 e. The Labute approximate surface area is 148 Å². The third-order valence-corrected chi connectivity index (χ3v) is 5.18. The number of carboxylic acid groups (broad SMARTS) is 1. The van der Waals surface area contributed by atoms with Crippen molar-refractivity contribution in [3.05, 3.63) is 12.3 Å². The second-order valence-corrected chi connectivity index (χ2v) is 7.11. The number of hydrogen-bond acceptors (Lipinski definition) is 5. The molecule has 2 unspecified atom stereocenters. The highest BCUT2D eigenvalue weighted by Gasteiger charge is 2.30. The van der Waals surface area contributed by atoms with Crippen molar-refractivity contribution in [1.29, 1.82) is 0 Å². The fourth-order valence-electron chi connectivity index (χ4n) is 2.57. The number of carboxylic acids is 1. The van der Waals surface area contributed by atoms with Gasteiger partial charge in [0, 0.05) is 6.54 Å². The van der Waals surface area contributed by atoms with E-state index in [1.165, 1.54) is 6.26 Å². The van der Waals surface area contributed by atoms with Gasteiger partial charge < -0.3 is 19.8 Å². The van der Waals surface area contributed by atoms with Crippen molar-refractivity contribution in [3.63, 3.8) is 0 Å². The number of allylic oxidation sites excluding steroid dienone is 1. The van der Waals surface area contributed by atoms with Crippen molar-refractivity contribution in [3.8, 4) is 0 Å². The molecule has 0 bridgehead atoms. The average molecular weight is 359 g/mol. The first-order valence-electron chi connectivity index (χ1n) is 8.62. The molecule has 1 saturated heterocycles. The number of amides is 1. The Bertz CT molecular complexity index is 416. The van der Waals surface area contributed by atoms with Gasteiger partial charge in [-0.3, -0.25) is 4.79 Å². The Morgan fingerprint density at radius 2 is 2.25 bits per heavy atom. The molecule has 1 fully saturated rings. The van der Waals surface area contributed by atoms with Gasteiger partial charge in [0.15, 0.2) is 6.61 Å². The number of aliphatic hydroxyl groups is 1. The highest BCUT2D eigenvalue weighted by atomic mass is 32.2. The fraction of sp³-hybridized carbons (Fsp3) is 0.765. The van der Waals surface area contributed by atoms with Gasteiger partial charge in [-0.1, -0.05) is 26.2 Å². The number of carbonyl (C=O) groups excluding carboxylic acids is 1. The van der Waals surface area contributed by atoms with Crippen LogP contribution in [0.15, 0.2) is 12.3 Å². The maximum atomic E-state index is 12.0. The maximum Gasteiger partial charge on any atom is 0.341 e. The lowest BCUT2D eigenvalue weighted by atomic mass is 10.1. The lowest BCUT2D eigenvalue weighted by Gasteiger charge is -2.24. The van der Waals surface area contributed by atoms with Crippen molar-refractivity contribution in [2.45, 2.75) is 63.3 Å². The normalized spacial score (nSPS) is 19.2. The minimum atomic E-state index is -1.000. The first-order valence-corrected chi connectivity index (χ1v) is 9.67. The summed E-state index contributed by atoms with van der Waals surface area (Å²) in [5.41, 5.74) is 0. The fourth-order valence-corrected chi connectivity index (χ4v) is 3.77. The summed E-state index contributed by atoms with van der Waals surface area (Å²) in [6.45, 7) is 2.40. The highest BCUT2D eigenvalue weighted by Crippen LogP contribution is 2.29. The zero-order valence-electron chi connectivity index (χ0n) is 14.4. The van der Waals surface area contributed by atoms with E-state index in [9.17, 15) is 14.7 Å². The van der Waals surface area contributed by atoms with Crippen LogP contribution in [0.1, 0.15) is 51.9 Å². The van der Waals surface area contributed by atoms with Crippen LogP contribution in [0.4, 0.5) is 0 Å². The molecule has 6 nitrogen and oxygen atoms in total. The standard InChI is InChI=1S/C17H29NO5S/c1-2-3-4-7-14(19)9-10-18-15(20)13-24-16(18)8-5-6-11-23-12-17(21)22/h6,11,14,16,19H,2-5,7-10,12-13H2,1H3,(H,21,22)/b11-6-. The van der Waals surface area contributed by atoms with Crippen molar-refractivity contribution >= 4 is 23.6 Å². The predicted octanol–water partition coefficient (Wildman–Crippen LogP) is 2.61. The van der Waals surface area contributed by atoms with Gasteiger partial charge >= 0.3 is 5.97 Å². The molecule has 138 valence electrons. The van der Waals surface area contributed by atoms with E-state index in [1.54, 1.807) is 17.8 Å². The Balaban J connectivity index is 2.26. The summed E-state index contributed by atoms with van der Waals surface area (Å²) in [5, 5.41) is 18.6. The second-order valence-electron chi connectivity index (χ2n) is 5.94.